The second-order valence-corrected chi connectivity index (χ2v) is 17.8. The number of nitrogens with one attached hydrogen (secondary N) is 2. The van der Waals surface area contributed by atoms with E-state index >= 15 is 0 Å². The number of imidazole rings is 1. The molecule has 0 bridgehead atoms. The summed E-state index contributed by atoms with van der Waals surface area (Å²) in [4.78, 5) is 49.3. The zero-order chi connectivity index (χ0) is 36.8. The number of allylic oxidation sites excluding steroid dienone is 2. The number of benzene rings is 2. The zero-order valence-electron chi connectivity index (χ0n) is 30.0. The maximum absolute atomic E-state index is 14.6. The Kier molecular flexibility index (Phi) is 9.68. The van der Waals surface area contributed by atoms with Crippen LogP contribution < -0.4 is 14.8 Å². The highest BCUT2D eigenvalue weighted by Crippen LogP contribution is 2.57. The van der Waals surface area contributed by atoms with E-state index < -0.39 is 50.1 Å². The molecular weight excluding hydrogens is 686 g/mol. The summed E-state index contributed by atoms with van der Waals surface area (Å²) in [6.45, 7) is 5.61. The maximum atomic E-state index is 14.6. The molecule has 52 heavy (non-hydrogen) atoms. The van der Waals surface area contributed by atoms with Crippen molar-refractivity contribution in [2.24, 2.45) is 11.3 Å². The number of carbonyl (C=O) groups excluding carboxylic acids is 3. The number of ether oxygens (including phenoxy) is 1. The monoisotopic (exact) mass is 733 g/mol. The van der Waals surface area contributed by atoms with E-state index in [0.717, 1.165) is 31.4 Å². The summed E-state index contributed by atoms with van der Waals surface area (Å²) < 4.78 is 50.3. The lowest BCUT2D eigenvalue weighted by molar-refractivity contribution is -0.139. The van der Waals surface area contributed by atoms with Crippen LogP contribution in [-0.4, -0.2) is 69.9 Å². The Hall–Kier alpha value is -4.26. The number of fused-ring (bicyclic) bond motifs is 3. The average molecular weight is 734 g/mol. The molecule has 13 heteroatoms. The SMILES string of the molecule is CC(C)n1c(O[C@@H]2C[C@H]3C(=O)C[C@]4(C(=O)NS(=O)(=O)C5(C)CC5)C[C@H]4/C=C\CCCCC[C@H](Nc4ccccc4)C(=O)N3C2)nc2ccc(F)cc21. The van der Waals surface area contributed by atoms with Crippen LogP contribution in [0.1, 0.15) is 91.0 Å². The number of rotatable bonds is 8. The van der Waals surface area contributed by atoms with Gasteiger partial charge in [0.1, 0.15) is 18.0 Å². The van der Waals surface area contributed by atoms with E-state index in [4.69, 9.17) is 4.74 Å². The molecule has 7 rings (SSSR count). The molecule has 0 radical (unpaired) electrons. The third kappa shape index (κ3) is 7.08. The second-order valence-electron chi connectivity index (χ2n) is 15.6. The molecule has 2 N–H and O–H groups in total. The van der Waals surface area contributed by atoms with Crippen molar-refractivity contribution in [2.45, 2.75) is 114 Å². The molecule has 11 nitrogen and oxygen atoms in total. The van der Waals surface area contributed by atoms with Crippen molar-refractivity contribution in [1.29, 1.82) is 0 Å². The molecule has 0 spiro atoms. The molecule has 2 amide bonds. The molecule has 3 fully saturated rings. The third-order valence-electron chi connectivity index (χ3n) is 11.4. The van der Waals surface area contributed by atoms with Gasteiger partial charge in [-0.2, -0.15) is 4.98 Å². The first-order valence-corrected chi connectivity index (χ1v) is 20.0. The predicted octanol–water partition coefficient (Wildman–Crippen LogP) is 6.07. The minimum atomic E-state index is -3.92. The van der Waals surface area contributed by atoms with Crippen LogP contribution in [0, 0.1) is 17.2 Å². The van der Waals surface area contributed by atoms with Crippen molar-refractivity contribution in [3.05, 3.63) is 66.5 Å². The number of aromatic nitrogens is 2. The first kappa shape index (κ1) is 36.1. The zero-order valence-corrected chi connectivity index (χ0v) is 30.8. The van der Waals surface area contributed by atoms with E-state index in [0.29, 0.717) is 36.7 Å². The topological polar surface area (TPSA) is 140 Å². The molecule has 278 valence electrons. The normalized spacial score (nSPS) is 28.4. The molecular formula is C39H48FN5O6S. The van der Waals surface area contributed by atoms with Crippen LogP contribution in [0.5, 0.6) is 6.01 Å². The smallest absolute Gasteiger partial charge is 0.297 e. The van der Waals surface area contributed by atoms with Gasteiger partial charge < -0.3 is 15.0 Å². The molecule has 2 aliphatic carbocycles. The van der Waals surface area contributed by atoms with Crippen LogP contribution >= 0.6 is 0 Å². The Bertz CT molecular complexity index is 1990. The molecule has 5 atom stereocenters. The second kappa shape index (κ2) is 13.9. The van der Waals surface area contributed by atoms with Gasteiger partial charge >= 0.3 is 0 Å². The highest BCUT2D eigenvalue weighted by atomic mass is 32.2. The number of para-hydroxylation sites is 1. The van der Waals surface area contributed by atoms with E-state index in [2.05, 4.69) is 15.0 Å². The molecule has 1 aromatic heterocycles. The van der Waals surface area contributed by atoms with E-state index in [9.17, 15) is 27.2 Å². The van der Waals surface area contributed by atoms with E-state index in [1.165, 1.54) is 12.1 Å². The molecule has 2 saturated carbocycles. The van der Waals surface area contributed by atoms with E-state index in [1.807, 2.05) is 56.3 Å². The summed E-state index contributed by atoms with van der Waals surface area (Å²) in [7, 11) is -3.92. The van der Waals surface area contributed by atoms with E-state index in [1.54, 1.807) is 22.5 Å². The van der Waals surface area contributed by atoms with Gasteiger partial charge in [0.2, 0.25) is 21.8 Å². The maximum Gasteiger partial charge on any atom is 0.297 e. The Morgan fingerprint density at radius 3 is 2.58 bits per heavy atom. The fraction of sp³-hybridized carbons (Fsp3) is 0.538. The van der Waals surface area contributed by atoms with Gasteiger partial charge in [0.25, 0.3) is 6.01 Å². The predicted molar refractivity (Wildman–Crippen MR) is 196 cm³/mol. The standard InChI is InChI=1S/C39H48FN5O6S/c1-25(2)45-32-20-27(40)16-17-30(32)42-37(45)51-29-21-33-34(46)23-39(36(48)43-52(49,50)38(3)18-19-38)22-26(39)12-8-5-4-6-11-15-31(35(47)44(33)24-29)41-28-13-9-7-10-14-28/h7-10,12-14,16-17,20,25-26,29,31,33,41H,4-6,11,15,18-19,21-24H2,1-3H3,(H,43,48)/b12-8-/t26-,29-,31+,33+,39-/m1/s1. The number of nitrogens with zero attached hydrogens (tertiary/aromatic N) is 3. The van der Waals surface area contributed by atoms with Crippen molar-refractivity contribution < 1.29 is 31.9 Å². The van der Waals surface area contributed by atoms with Crippen molar-refractivity contribution in [3.8, 4) is 6.01 Å². The third-order valence-corrected chi connectivity index (χ3v) is 13.5. The Morgan fingerprint density at radius 1 is 1.08 bits per heavy atom. The fourth-order valence-electron chi connectivity index (χ4n) is 7.80. The minimum Gasteiger partial charge on any atom is -0.459 e. The summed E-state index contributed by atoms with van der Waals surface area (Å²) in [5, 5.41) is 3.41. The molecule has 1 saturated heterocycles. The van der Waals surface area contributed by atoms with Crippen LogP contribution in [0.25, 0.3) is 11.0 Å². The summed E-state index contributed by atoms with van der Waals surface area (Å²) in [6, 6.07) is 12.5. The number of amides is 2. The lowest BCUT2D eigenvalue weighted by Gasteiger charge is -2.30. The first-order chi connectivity index (χ1) is 24.8. The number of ketones is 1. The van der Waals surface area contributed by atoms with Crippen LogP contribution in [0.15, 0.2) is 60.7 Å². The van der Waals surface area contributed by atoms with Gasteiger partial charge in [0.15, 0.2) is 5.78 Å². The lowest BCUT2D eigenvalue weighted by Crippen LogP contribution is -2.49. The van der Waals surface area contributed by atoms with Gasteiger partial charge in [-0.1, -0.05) is 43.2 Å². The summed E-state index contributed by atoms with van der Waals surface area (Å²) in [5.41, 5.74) is 0.703. The fourth-order valence-corrected chi connectivity index (χ4v) is 9.13. The largest absolute Gasteiger partial charge is 0.459 e. The number of Topliss-reactive ketones (excluding diaryl/α,β-unsaturated/α-hetero) is 1. The summed E-state index contributed by atoms with van der Waals surface area (Å²) in [6.07, 6.45) is 8.53. The molecule has 3 heterocycles. The lowest BCUT2D eigenvalue weighted by atomic mass is 9.91. The van der Waals surface area contributed by atoms with Crippen molar-refractivity contribution in [1.82, 2.24) is 19.2 Å². The van der Waals surface area contributed by atoms with Crippen LogP contribution in [0.2, 0.25) is 0 Å². The van der Waals surface area contributed by atoms with Crippen molar-refractivity contribution in [3.63, 3.8) is 0 Å². The molecule has 3 aromatic rings. The highest BCUT2D eigenvalue weighted by Gasteiger charge is 2.62. The minimum absolute atomic E-state index is 0.104. The van der Waals surface area contributed by atoms with Gasteiger partial charge in [-0.05, 0) is 95.5 Å². The van der Waals surface area contributed by atoms with Gasteiger partial charge in [-0.3, -0.25) is 23.7 Å². The Labute approximate surface area is 304 Å². The van der Waals surface area contributed by atoms with Gasteiger partial charge in [-0.25, -0.2) is 12.8 Å². The van der Waals surface area contributed by atoms with Gasteiger partial charge in [0, 0.05) is 24.6 Å². The summed E-state index contributed by atoms with van der Waals surface area (Å²) >= 11 is 0. The molecule has 2 aromatic carbocycles. The van der Waals surface area contributed by atoms with Crippen LogP contribution in [-0.2, 0) is 24.4 Å². The highest BCUT2D eigenvalue weighted by molar-refractivity contribution is 7.91. The summed E-state index contributed by atoms with van der Waals surface area (Å²) in [5.74, 6) is -1.89. The molecule has 2 aliphatic heterocycles. The number of carbonyl (C=O) groups is 3. The quantitative estimate of drug-likeness (QED) is 0.266. The number of anilines is 1. The van der Waals surface area contributed by atoms with Crippen molar-refractivity contribution in [2.75, 3.05) is 11.9 Å². The van der Waals surface area contributed by atoms with Gasteiger partial charge in [0.05, 0.1) is 33.8 Å². The molecule has 0 unspecified atom stereocenters. The molecule has 4 aliphatic rings. The number of halogens is 1. The Balaban J connectivity index is 1.21. The van der Waals surface area contributed by atoms with Crippen LogP contribution in [0.4, 0.5) is 10.1 Å². The Morgan fingerprint density at radius 2 is 1.85 bits per heavy atom. The van der Waals surface area contributed by atoms with Gasteiger partial charge in [-0.15, -0.1) is 0 Å². The average Bonchev–Trinajstić information content (AvgIpc) is 3.93. The first-order valence-electron chi connectivity index (χ1n) is 18.5. The number of hydrogen-bond acceptors (Lipinski definition) is 8. The van der Waals surface area contributed by atoms with Crippen LogP contribution in [0.3, 0.4) is 0 Å². The van der Waals surface area contributed by atoms with Crippen molar-refractivity contribution >= 4 is 44.3 Å². The van der Waals surface area contributed by atoms with E-state index in [-0.39, 0.29) is 49.0 Å². The number of hydrogen-bond donors (Lipinski definition) is 2. The number of sulfonamides is 1.